The van der Waals surface area contributed by atoms with Crippen LogP contribution in [-0.4, -0.2) is 45.0 Å². The molecule has 1 amide bonds. The number of aliphatic hydroxyl groups is 1. The van der Waals surface area contributed by atoms with Gasteiger partial charge in [-0.3, -0.25) is 9.52 Å². The summed E-state index contributed by atoms with van der Waals surface area (Å²) < 4.78 is 65.8. The third-order valence-corrected chi connectivity index (χ3v) is 8.76. The SMILES string of the molecule is CC1=C(C2=C(O)[C@H](C(C)(C)C)N(Cc3ccc(F)cc3)C2=O)Nc2ccc(NS(C)(=O)=O)cc2S1(=O)=O. The lowest BCUT2D eigenvalue weighted by molar-refractivity contribution is -0.129. The minimum absolute atomic E-state index is 0.0466. The molecule has 2 aromatic carbocycles. The molecule has 198 valence electrons. The Hall–Kier alpha value is -3.38. The second kappa shape index (κ2) is 8.88. The monoisotopic (exact) mass is 549 g/mol. The molecule has 4 rings (SSSR count). The zero-order chi connectivity index (χ0) is 27.5. The third kappa shape index (κ3) is 4.95. The smallest absolute Gasteiger partial charge is 0.260 e. The van der Waals surface area contributed by atoms with E-state index in [0.717, 1.165) is 6.26 Å². The first-order chi connectivity index (χ1) is 17.0. The van der Waals surface area contributed by atoms with Crippen molar-refractivity contribution in [1.82, 2.24) is 4.90 Å². The number of nitrogens with one attached hydrogen (secondary N) is 2. The summed E-state index contributed by atoms with van der Waals surface area (Å²) in [5.41, 5.74) is 0.0244. The number of sulfone groups is 1. The normalized spacial score (nSPS) is 19.7. The molecule has 0 fully saturated rings. The van der Waals surface area contributed by atoms with Gasteiger partial charge in [-0.05, 0) is 48.2 Å². The summed E-state index contributed by atoms with van der Waals surface area (Å²) in [5, 5.41) is 14.3. The van der Waals surface area contributed by atoms with E-state index in [1.54, 1.807) is 12.1 Å². The quantitative estimate of drug-likeness (QED) is 0.515. The van der Waals surface area contributed by atoms with Crippen LogP contribution in [0.1, 0.15) is 33.3 Å². The van der Waals surface area contributed by atoms with E-state index in [-0.39, 0.29) is 44.7 Å². The van der Waals surface area contributed by atoms with Gasteiger partial charge in [0.25, 0.3) is 5.91 Å². The summed E-state index contributed by atoms with van der Waals surface area (Å²) in [6.07, 6.45) is 0.951. The van der Waals surface area contributed by atoms with E-state index in [1.807, 2.05) is 20.8 Å². The van der Waals surface area contributed by atoms with Crippen molar-refractivity contribution in [2.75, 3.05) is 16.3 Å². The van der Waals surface area contributed by atoms with E-state index in [2.05, 4.69) is 10.0 Å². The predicted octanol–water partition coefficient (Wildman–Crippen LogP) is 3.90. The van der Waals surface area contributed by atoms with Crippen molar-refractivity contribution >= 4 is 37.1 Å². The first kappa shape index (κ1) is 26.7. The molecule has 37 heavy (non-hydrogen) atoms. The van der Waals surface area contributed by atoms with Gasteiger partial charge in [0.2, 0.25) is 19.9 Å². The molecule has 3 N–H and O–H groups in total. The molecule has 0 aromatic heterocycles. The number of halogens is 1. The number of rotatable bonds is 5. The van der Waals surface area contributed by atoms with Crippen LogP contribution in [0.15, 0.2) is 69.3 Å². The molecular weight excluding hydrogens is 521 g/mol. The number of hydrogen-bond donors (Lipinski definition) is 3. The number of hydrogen-bond acceptors (Lipinski definition) is 7. The van der Waals surface area contributed by atoms with Crippen LogP contribution in [0.5, 0.6) is 0 Å². The highest BCUT2D eigenvalue weighted by atomic mass is 32.2. The van der Waals surface area contributed by atoms with Crippen LogP contribution in [0, 0.1) is 11.2 Å². The number of benzene rings is 2. The number of allylic oxidation sites excluding steroid dienone is 1. The molecule has 2 heterocycles. The molecule has 9 nitrogen and oxygen atoms in total. The largest absolute Gasteiger partial charge is 0.509 e. The van der Waals surface area contributed by atoms with E-state index in [9.17, 15) is 31.1 Å². The van der Waals surface area contributed by atoms with Crippen LogP contribution >= 0.6 is 0 Å². The minimum atomic E-state index is -4.14. The number of anilines is 2. The molecule has 0 unspecified atom stereocenters. The molecule has 0 radical (unpaired) electrons. The second-order valence-electron chi connectivity index (χ2n) is 10.2. The fraction of sp³-hybridized carbons (Fsp3) is 0.320. The lowest BCUT2D eigenvalue weighted by atomic mass is 9.85. The van der Waals surface area contributed by atoms with E-state index in [0.29, 0.717) is 5.56 Å². The number of carbonyl (C=O) groups excluding carboxylic acids is 1. The van der Waals surface area contributed by atoms with Crippen molar-refractivity contribution in [1.29, 1.82) is 0 Å². The molecule has 0 spiro atoms. The van der Waals surface area contributed by atoms with Gasteiger partial charge in [-0.1, -0.05) is 32.9 Å². The van der Waals surface area contributed by atoms with E-state index in [4.69, 9.17) is 0 Å². The van der Waals surface area contributed by atoms with Gasteiger partial charge in [0.1, 0.15) is 17.1 Å². The Labute approximate surface area is 215 Å². The number of fused-ring (bicyclic) bond motifs is 1. The van der Waals surface area contributed by atoms with Crippen LogP contribution in [0.4, 0.5) is 15.8 Å². The fourth-order valence-electron chi connectivity index (χ4n) is 4.60. The van der Waals surface area contributed by atoms with Gasteiger partial charge in [0, 0.05) is 12.2 Å². The van der Waals surface area contributed by atoms with Gasteiger partial charge in [0.05, 0.1) is 33.5 Å². The summed E-state index contributed by atoms with van der Waals surface area (Å²) in [7, 11) is -7.78. The van der Waals surface area contributed by atoms with Gasteiger partial charge >= 0.3 is 0 Å². The van der Waals surface area contributed by atoms with Crippen LogP contribution in [0.2, 0.25) is 0 Å². The number of aliphatic hydroxyl groups excluding tert-OH is 1. The van der Waals surface area contributed by atoms with Gasteiger partial charge in [-0.25, -0.2) is 21.2 Å². The second-order valence-corrected chi connectivity index (χ2v) is 14.0. The molecule has 0 bridgehead atoms. The maximum Gasteiger partial charge on any atom is 0.260 e. The molecule has 0 saturated carbocycles. The Kier molecular flexibility index (Phi) is 6.40. The summed E-state index contributed by atoms with van der Waals surface area (Å²) in [6.45, 7) is 6.93. The Morgan fingerprint density at radius 2 is 1.76 bits per heavy atom. The third-order valence-electron chi connectivity index (χ3n) is 6.23. The fourth-order valence-corrected chi connectivity index (χ4v) is 6.60. The standard InChI is InChI=1S/C25H28FN3O6S2/c1-14-21(27-18-11-10-17(28-36(5,32)33)12-19(18)37(14,34)35)20-22(30)23(25(2,3)4)29(24(20)31)13-15-6-8-16(26)9-7-15/h6-12,23,27-28,30H,13H2,1-5H3/t23-/m1/s1. The van der Waals surface area contributed by atoms with E-state index < -0.39 is 43.0 Å². The average molecular weight is 550 g/mol. The summed E-state index contributed by atoms with van der Waals surface area (Å²) in [4.78, 5) is 14.8. The number of sulfonamides is 1. The summed E-state index contributed by atoms with van der Waals surface area (Å²) >= 11 is 0. The highest BCUT2D eigenvalue weighted by Crippen LogP contribution is 2.44. The summed E-state index contributed by atoms with van der Waals surface area (Å²) in [5.74, 6) is -1.26. The molecule has 2 aliphatic heterocycles. The lowest BCUT2D eigenvalue weighted by Crippen LogP contribution is -2.43. The first-order valence-electron chi connectivity index (χ1n) is 11.3. The van der Waals surface area contributed by atoms with Crippen LogP contribution in [0.25, 0.3) is 0 Å². The van der Waals surface area contributed by atoms with Gasteiger partial charge in [-0.2, -0.15) is 0 Å². The molecule has 0 saturated heterocycles. The van der Waals surface area contributed by atoms with Gasteiger partial charge < -0.3 is 15.3 Å². The zero-order valence-electron chi connectivity index (χ0n) is 21.0. The maximum absolute atomic E-state index is 13.7. The van der Waals surface area contributed by atoms with Crippen LogP contribution in [-0.2, 0) is 31.2 Å². The molecule has 0 aliphatic carbocycles. The number of amides is 1. The van der Waals surface area contributed by atoms with Crippen molar-refractivity contribution in [2.24, 2.45) is 5.41 Å². The Morgan fingerprint density at radius 3 is 2.32 bits per heavy atom. The Morgan fingerprint density at radius 1 is 1.14 bits per heavy atom. The minimum Gasteiger partial charge on any atom is -0.509 e. The topological polar surface area (TPSA) is 133 Å². The molecule has 1 atom stereocenters. The van der Waals surface area contributed by atoms with Crippen LogP contribution in [0.3, 0.4) is 0 Å². The summed E-state index contributed by atoms with van der Waals surface area (Å²) in [6, 6.07) is 8.86. The van der Waals surface area contributed by atoms with Gasteiger partial charge in [-0.15, -0.1) is 0 Å². The average Bonchev–Trinajstić information content (AvgIpc) is 3.01. The lowest BCUT2D eigenvalue weighted by Gasteiger charge is -2.35. The Bertz CT molecular complexity index is 1570. The van der Waals surface area contributed by atoms with Crippen molar-refractivity contribution in [3.8, 4) is 0 Å². The molecule has 2 aromatic rings. The Balaban J connectivity index is 1.80. The highest BCUT2D eigenvalue weighted by molar-refractivity contribution is 7.95. The zero-order valence-corrected chi connectivity index (χ0v) is 22.6. The van der Waals surface area contributed by atoms with Crippen molar-refractivity contribution in [2.45, 2.75) is 45.2 Å². The van der Waals surface area contributed by atoms with Gasteiger partial charge in [0.15, 0.2) is 0 Å². The number of carbonyl (C=O) groups is 1. The van der Waals surface area contributed by atoms with Crippen LogP contribution < -0.4 is 10.0 Å². The van der Waals surface area contributed by atoms with Crippen molar-refractivity contribution in [3.63, 3.8) is 0 Å². The van der Waals surface area contributed by atoms with Crippen molar-refractivity contribution in [3.05, 3.63) is 75.8 Å². The maximum atomic E-state index is 13.7. The van der Waals surface area contributed by atoms with E-state index in [1.165, 1.54) is 42.2 Å². The van der Waals surface area contributed by atoms with E-state index >= 15 is 0 Å². The highest BCUT2D eigenvalue weighted by Gasteiger charge is 2.48. The molecule has 12 heteroatoms. The first-order valence-corrected chi connectivity index (χ1v) is 14.7. The van der Waals surface area contributed by atoms with Crippen molar-refractivity contribution < 1.29 is 31.1 Å². The molecular formula is C25H28FN3O6S2. The number of nitrogens with zero attached hydrogens (tertiary/aromatic N) is 1. The predicted molar refractivity (Wildman–Crippen MR) is 138 cm³/mol. The molecule has 2 aliphatic rings.